The molecule has 2 aromatic carbocycles. The topological polar surface area (TPSA) is 58.6 Å². The molecule has 5 nitrogen and oxygen atoms in total. The van der Waals surface area contributed by atoms with Gasteiger partial charge in [0, 0.05) is 24.7 Å². The fraction of sp³-hybridized carbons (Fsp3) is 0.333. The van der Waals surface area contributed by atoms with Crippen LogP contribution in [0.15, 0.2) is 48.5 Å². The van der Waals surface area contributed by atoms with Crippen LogP contribution >= 0.6 is 0 Å². The summed E-state index contributed by atoms with van der Waals surface area (Å²) in [4.78, 5) is 26.6. The van der Waals surface area contributed by atoms with Gasteiger partial charge < -0.3 is 15.0 Å². The van der Waals surface area contributed by atoms with Gasteiger partial charge in [0.2, 0.25) is 5.91 Å². The summed E-state index contributed by atoms with van der Waals surface area (Å²) in [6, 6.07) is 13.1. The molecule has 0 bridgehead atoms. The van der Waals surface area contributed by atoms with E-state index in [-0.39, 0.29) is 30.1 Å². The predicted molar refractivity (Wildman–Crippen MR) is 100 cm³/mol. The zero-order chi connectivity index (χ0) is 19.2. The molecule has 0 atom stereocenters. The fourth-order valence-electron chi connectivity index (χ4n) is 3.23. The molecule has 1 aliphatic heterocycles. The highest BCUT2D eigenvalue weighted by Crippen LogP contribution is 2.18. The molecule has 1 heterocycles. The number of methoxy groups -OCH3 is 1. The number of likely N-dealkylation sites (tertiary alicyclic amines) is 1. The van der Waals surface area contributed by atoms with E-state index in [1.54, 1.807) is 48.4 Å². The van der Waals surface area contributed by atoms with Gasteiger partial charge in [0.15, 0.2) is 0 Å². The van der Waals surface area contributed by atoms with Crippen LogP contribution in [0.4, 0.5) is 4.39 Å². The molecule has 0 saturated carbocycles. The number of halogens is 1. The molecule has 0 radical (unpaired) electrons. The largest absolute Gasteiger partial charge is 0.497 e. The number of rotatable bonds is 5. The Morgan fingerprint density at radius 2 is 1.85 bits per heavy atom. The highest BCUT2D eigenvalue weighted by atomic mass is 19.1. The van der Waals surface area contributed by atoms with Crippen molar-refractivity contribution in [2.45, 2.75) is 25.3 Å². The van der Waals surface area contributed by atoms with Gasteiger partial charge in [-0.05, 0) is 48.7 Å². The number of nitrogens with zero attached hydrogens (tertiary/aromatic N) is 1. The summed E-state index contributed by atoms with van der Waals surface area (Å²) in [5.74, 6) is 0.236. The van der Waals surface area contributed by atoms with Gasteiger partial charge in [-0.3, -0.25) is 9.59 Å². The first-order chi connectivity index (χ1) is 13.0. The number of carbonyl (C=O) groups excluding carboxylic acids is 2. The van der Waals surface area contributed by atoms with Crippen molar-refractivity contribution in [3.8, 4) is 5.75 Å². The van der Waals surface area contributed by atoms with Gasteiger partial charge in [-0.1, -0.05) is 18.2 Å². The third kappa shape index (κ3) is 5.06. The molecule has 0 unspecified atom stereocenters. The van der Waals surface area contributed by atoms with Crippen molar-refractivity contribution in [1.82, 2.24) is 10.2 Å². The molecular formula is C21H23FN2O3. The molecule has 2 amide bonds. The van der Waals surface area contributed by atoms with Crippen molar-refractivity contribution in [3.63, 3.8) is 0 Å². The lowest BCUT2D eigenvalue weighted by atomic mass is 10.0. The van der Waals surface area contributed by atoms with Crippen LogP contribution in [0.3, 0.4) is 0 Å². The van der Waals surface area contributed by atoms with E-state index < -0.39 is 0 Å². The monoisotopic (exact) mass is 370 g/mol. The molecule has 2 aromatic rings. The normalized spacial score (nSPS) is 14.7. The highest BCUT2D eigenvalue weighted by Gasteiger charge is 2.24. The summed E-state index contributed by atoms with van der Waals surface area (Å²) < 4.78 is 18.1. The van der Waals surface area contributed by atoms with E-state index in [2.05, 4.69) is 5.32 Å². The van der Waals surface area contributed by atoms with Crippen LogP contribution in [0.2, 0.25) is 0 Å². The summed E-state index contributed by atoms with van der Waals surface area (Å²) in [6.07, 6.45) is 1.65. The van der Waals surface area contributed by atoms with Gasteiger partial charge in [-0.25, -0.2) is 4.39 Å². The molecule has 1 saturated heterocycles. The second-order valence-electron chi connectivity index (χ2n) is 6.67. The standard InChI is InChI=1S/C21H23FN2O3/c1-27-19-4-2-3-16(14-19)21(26)24-11-9-18(10-12-24)23-20(25)13-15-5-7-17(22)8-6-15/h2-8,14,18H,9-13H2,1H3,(H,23,25). The van der Waals surface area contributed by atoms with E-state index in [0.717, 1.165) is 5.56 Å². The number of benzene rings is 2. The van der Waals surface area contributed by atoms with Gasteiger partial charge in [-0.2, -0.15) is 0 Å². The Balaban J connectivity index is 1.48. The Morgan fingerprint density at radius 3 is 2.52 bits per heavy atom. The Labute approximate surface area is 158 Å². The van der Waals surface area contributed by atoms with Crippen LogP contribution < -0.4 is 10.1 Å². The number of amides is 2. The maximum atomic E-state index is 12.9. The first-order valence-corrected chi connectivity index (χ1v) is 9.02. The highest BCUT2D eigenvalue weighted by molar-refractivity contribution is 5.94. The molecule has 27 heavy (non-hydrogen) atoms. The predicted octanol–water partition coefficient (Wildman–Crippen LogP) is 2.80. The Hall–Kier alpha value is -2.89. The van der Waals surface area contributed by atoms with Gasteiger partial charge >= 0.3 is 0 Å². The summed E-state index contributed by atoms with van der Waals surface area (Å²) in [7, 11) is 1.57. The van der Waals surface area contributed by atoms with Crippen LogP contribution in [0.1, 0.15) is 28.8 Å². The smallest absolute Gasteiger partial charge is 0.253 e. The minimum Gasteiger partial charge on any atom is -0.497 e. The van der Waals surface area contributed by atoms with Gasteiger partial charge in [-0.15, -0.1) is 0 Å². The lowest BCUT2D eigenvalue weighted by Crippen LogP contribution is -2.46. The van der Waals surface area contributed by atoms with Crippen molar-refractivity contribution in [1.29, 1.82) is 0 Å². The molecule has 0 aliphatic carbocycles. The average Bonchev–Trinajstić information content (AvgIpc) is 2.70. The van der Waals surface area contributed by atoms with Crippen LogP contribution in [0.5, 0.6) is 5.75 Å². The molecular weight excluding hydrogens is 347 g/mol. The zero-order valence-corrected chi connectivity index (χ0v) is 15.3. The molecule has 142 valence electrons. The quantitative estimate of drug-likeness (QED) is 0.881. The lowest BCUT2D eigenvalue weighted by molar-refractivity contribution is -0.121. The molecule has 0 aromatic heterocycles. The molecule has 3 rings (SSSR count). The van der Waals surface area contributed by atoms with Gasteiger partial charge in [0.25, 0.3) is 5.91 Å². The Bertz CT molecular complexity index is 799. The third-order valence-corrected chi connectivity index (χ3v) is 4.74. The van der Waals surface area contributed by atoms with Gasteiger partial charge in [0.05, 0.1) is 13.5 Å². The molecule has 0 spiro atoms. The van der Waals surface area contributed by atoms with Crippen LogP contribution in [0, 0.1) is 5.82 Å². The third-order valence-electron chi connectivity index (χ3n) is 4.74. The number of carbonyl (C=O) groups is 2. The van der Waals surface area contributed by atoms with Crippen LogP contribution in [0.25, 0.3) is 0 Å². The maximum Gasteiger partial charge on any atom is 0.253 e. The molecule has 1 fully saturated rings. The van der Waals surface area contributed by atoms with E-state index >= 15 is 0 Å². The van der Waals surface area contributed by atoms with Crippen molar-refractivity contribution < 1.29 is 18.7 Å². The van der Waals surface area contributed by atoms with E-state index in [0.29, 0.717) is 37.2 Å². The SMILES string of the molecule is COc1cccc(C(=O)N2CCC(NC(=O)Cc3ccc(F)cc3)CC2)c1. The van der Waals surface area contributed by atoms with E-state index in [4.69, 9.17) is 4.74 Å². The van der Waals surface area contributed by atoms with E-state index in [1.165, 1.54) is 12.1 Å². The second kappa shape index (κ2) is 8.66. The summed E-state index contributed by atoms with van der Waals surface area (Å²) in [5.41, 5.74) is 1.38. The van der Waals surface area contributed by atoms with Crippen molar-refractivity contribution in [2.75, 3.05) is 20.2 Å². The van der Waals surface area contributed by atoms with E-state index in [1.807, 2.05) is 0 Å². The van der Waals surface area contributed by atoms with Crippen LogP contribution in [-0.2, 0) is 11.2 Å². The number of piperidine rings is 1. The minimum absolute atomic E-state index is 0.0232. The Morgan fingerprint density at radius 1 is 1.15 bits per heavy atom. The van der Waals surface area contributed by atoms with Gasteiger partial charge in [0.1, 0.15) is 11.6 Å². The molecule has 1 N–H and O–H groups in total. The fourth-order valence-corrected chi connectivity index (χ4v) is 3.23. The Kier molecular flexibility index (Phi) is 6.06. The maximum absolute atomic E-state index is 12.9. The summed E-state index contributed by atoms with van der Waals surface area (Å²) in [6.45, 7) is 1.19. The van der Waals surface area contributed by atoms with Crippen LogP contribution in [-0.4, -0.2) is 43.0 Å². The summed E-state index contributed by atoms with van der Waals surface area (Å²) in [5, 5.41) is 3.01. The number of ether oxygens (including phenoxy) is 1. The first-order valence-electron chi connectivity index (χ1n) is 9.02. The zero-order valence-electron chi connectivity index (χ0n) is 15.3. The molecule has 6 heteroatoms. The average molecular weight is 370 g/mol. The van der Waals surface area contributed by atoms with Crippen molar-refractivity contribution in [3.05, 3.63) is 65.5 Å². The van der Waals surface area contributed by atoms with E-state index in [9.17, 15) is 14.0 Å². The van der Waals surface area contributed by atoms with Crippen molar-refractivity contribution in [2.24, 2.45) is 0 Å². The number of hydrogen-bond donors (Lipinski definition) is 1. The minimum atomic E-state index is -0.313. The molecule has 1 aliphatic rings. The lowest BCUT2D eigenvalue weighted by Gasteiger charge is -2.32. The second-order valence-corrected chi connectivity index (χ2v) is 6.67. The number of hydrogen-bond acceptors (Lipinski definition) is 3. The number of nitrogens with one attached hydrogen (secondary N) is 1. The van der Waals surface area contributed by atoms with Crippen molar-refractivity contribution >= 4 is 11.8 Å². The first kappa shape index (κ1) is 18.9. The summed E-state index contributed by atoms with van der Waals surface area (Å²) >= 11 is 0.